The zero-order valence-corrected chi connectivity index (χ0v) is 12.5. The Balaban J connectivity index is 2.04. The Kier molecular flexibility index (Phi) is 5.77. The summed E-state index contributed by atoms with van der Waals surface area (Å²) in [5.74, 6) is 0.998. The van der Waals surface area contributed by atoms with Crippen molar-refractivity contribution in [2.75, 3.05) is 12.3 Å². The van der Waals surface area contributed by atoms with Crippen molar-refractivity contribution in [2.24, 2.45) is 0 Å². The second-order valence-electron chi connectivity index (χ2n) is 4.29. The van der Waals surface area contributed by atoms with Gasteiger partial charge < -0.3 is 5.32 Å². The van der Waals surface area contributed by atoms with E-state index < -0.39 is 0 Å². The minimum atomic E-state index is 0.328. The van der Waals surface area contributed by atoms with E-state index in [4.69, 9.17) is 11.6 Å². The zero-order chi connectivity index (χ0) is 13.5. The molecule has 0 amide bonds. The van der Waals surface area contributed by atoms with Gasteiger partial charge in [0.25, 0.3) is 0 Å². The number of benzene rings is 2. The van der Waals surface area contributed by atoms with E-state index in [-0.39, 0.29) is 0 Å². The SMILES string of the molecule is CCNC(CSc1ccccc1)c1cccc(Cl)c1. The lowest BCUT2D eigenvalue weighted by Gasteiger charge is -2.18. The highest BCUT2D eigenvalue weighted by molar-refractivity contribution is 7.99. The molecule has 0 bridgehead atoms. The Bertz CT molecular complexity index is 501. The van der Waals surface area contributed by atoms with Crippen LogP contribution in [0.1, 0.15) is 18.5 Å². The summed E-state index contributed by atoms with van der Waals surface area (Å²) in [6, 6.07) is 18.9. The second-order valence-corrected chi connectivity index (χ2v) is 5.82. The summed E-state index contributed by atoms with van der Waals surface area (Å²) in [5, 5.41) is 4.31. The molecule has 0 spiro atoms. The van der Waals surface area contributed by atoms with E-state index >= 15 is 0 Å². The molecule has 0 fully saturated rings. The lowest BCUT2D eigenvalue weighted by atomic mass is 10.1. The topological polar surface area (TPSA) is 12.0 Å². The number of rotatable bonds is 6. The summed E-state index contributed by atoms with van der Waals surface area (Å²) < 4.78 is 0. The van der Waals surface area contributed by atoms with Gasteiger partial charge in [-0.25, -0.2) is 0 Å². The lowest BCUT2D eigenvalue weighted by molar-refractivity contribution is 0.606. The molecule has 19 heavy (non-hydrogen) atoms. The van der Waals surface area contributed by atoms with E-state index in [1.165, 1.54) is 10.5 Å². The highest BCUT2D eigenvalue weighted by Gasteiger charge is 2.11. The molecule has 0 aromatic heterocycles. The van der Waals surface area contributed by atoms with Crippen molar-refractivity contribution < 1.29 is 0 Å². The highest BCUT2D eigenvalue weighted by atomic mass is 35.5. The largest absolute Gasteiger partial charge is 0.309 e. The number of hydrogen-bond donors (Lipinski definition) is 1. The maximum atomic E-state index is 6.07. The first-order valence-electron chi connectivity index (χ1n) is 6.46. The third kappa shape index (κ3) is 4.57. The molecule has 2 rings (SSSR count). The quantitative estimate of drug-likeness (QED) is 0.769. The summed E-state index contributed by atoms with van der Waals surface area (Å²) in [4.78, 5) is 1.30. The van der Waals surface area contributed by atoms with Crippen LogP contribution in [-0.2, 0) is 0 Å². The molecule has 3 heteroatoms. The first kappa shape index (κ1) is 14.4. The van der Waals surface area contributed by atoms with Crippen LogP contribution in [0.3, 0.4) is 0 Å². The third-order valence-corrected chi connectivity index (χ3v) is 4.20. The van der Waals surface area contributed by atoms with Crippen LogP contribution in [0.2, 0.25) is 5.02 Å². The van der Waals surface area contributed by atoms with Gasteiger partial charge in [0.1, 0.15) is 0 Å². The predicted molar refractivity (Wildman–Crippen MR) is 85.0 cm³/mol. The summed E-state index contributed by atoms with van der Waals surface area (Å²) in [5.41, 5.74) is 1.25. The summed E-state index contributed by atoms with van der Waals surface area (Å²) in [6.07, 6.45) is 0. The lowest BCUT2D eigenvalue weighted by Crippen LogP contribution is -2.22. The van der Waals surface area contributed by atoms with Crippen molar-refractivity contribution >= 4 is 23.4 Å². The van der Waals surface area contributed by atoms with Crippen molar-refractivity contribution in [3.63, 3.8) is 0 Å². The predicted octanol–water partition coefficient (Wildman–Crippen LogP) is 4.78. The minimum absolute atomic E-state index is 0.328. The number of hydrogen-bond acceptors (Lipinski definition) is 2. The average Bonchev–Trinajstić information content (AvgIpc) is 2.44. The Hall–Kier alpha value is -0.960. The van der Waals surface area contributed by atoms with E-state index in [0.717, 1.165) is 17.3 Å². The first-order chi connectivity index (χ1) is 9.29. The van der Waals surface area contributed by atoms with Crippen LogP contribution >= 0.6 is 23.4 Å². The van der Waals surface area contributed by atoms with Gasteiger partial charge >= 0.3 is 0 Å². The molecule has 1 atom stereocenters. The molecule has 0 radical (unpaired) electrons. The number of nitrogens with one attached hydrogen (secondary N) is 1. The molecule has 0 aliphatic carbocycles. The zero-order valence-electron chi connectivity index (χ0n) is 11.0. The van der Waals surface area contributed by atoms with Gasteiger partial charge in [-0.2, -0.15) is 0 Å². The second kappa shape index (κ2) is 7.59. The average molecular weight is 292 g/mol. The van der Waals surface area contributed by atoms with Gasteiger partial charge in [-0.3, -0.25) is 0 Å². The van der Waals surface area contributed by atoms with Gasteiger partial charge in [0.05, 0.1) is 0 Å². The molecule has 0 aliphatic heterocycles. The summed E-state index contributed by atoms with van der Waals surface area (Å²) in [7, 11) is 0. The fraction of sp³-hybridized carbons (Fsp3) is 0.250. The van der Waals surface area contributed by atoms with Crippen LogP contribution in [0.5, 0.6) is 0 Å². The normalized spacial score (nSPS) is 12.3. The van der Waals surface area contributed by atoms with E-state index in [9.17, 15) is 0 Å². The molecule has 1 nitrogen and oxygen atoms in total. The van der Waals surface area contributed by atoms with Gasteiger partial charge in [-0.15, -0.1) is 11.8 Å². The van der Waals surface area contributed by atoms with Gasteiger partial charge in [-0.05, 0) is 36.4 Å². The Morgan fingerprint density at radius 3 is 2.58 bits per heavy atom. The Morgan fingerprint density at radius 1 is 1.11 bits per heavy atom. The molecule has 0 saturated carbocycles. The van der Waals surface area contributed by atoms with E-state index in [0.29, 0.717) is 6.04 Å². The Morgan fingerprint density at radius 2 is 1.89 bits per heavy atom. The van der Waals surface area contributed by atoms with E-state index in [2.05, 4.69) is 42.6 Å². The molecule has 1 unspecified atom stereocenters. The van der Waals surface area contributed by atoms with Gasteiger partial charge in [-0.1, -0.05) is 48.9 Å². The van der Waals surface area contributed by atoms with Crippen LogP contribution < -0.4 is 5.32 Å². The van der Waals surface area contributed by atoms with Gasteiger partial charge in [0.2, 0.25) is 0 Å². The molecule has 2 aromatic rings. The van der Waals surface area contributed by atoms with Crippen LogP contribution in [-0.4, -0.2) is 12.3 Å². The van der Waals surface area contributed by atoms with E-state index in [1.54, 1.807) is 0 Å². The Labute approximate surface area is 124 Å². The first-order valence-corrected chi connectivity index (χ1v) is 7.82. The number of halogens is 1. The van der Waals surface area contributed by atoms with Crippen LogP contribution in [0.15, 0.2) is 59.5 Å². The molecular formula is C16H18ClNS. The maximum absolute atomic E-state index is 6.07. The smallest absolute Gasteiger partial charge is 0.0415 e. The van der Waals surface area contributed by atoms with Gasteiger partial charge in [0, 0.05) is 21.7 Å². The summed E-state index contributed by atoms with van der Waals surface area (Å²) >= 11 is 7.94. The minimum Gasteiger partial charge on any atom is -0.309 e. The fourth-order valence-corrected chi connectivity index (χ4v) is 3.16. The highest BCUT2D eigenvalue weighted by Crippen LogP contribution is 2.25. The molecular weight excluding hydrogens is 274 g/mol. The standard InChI is InChI=1S/C16H18ClNS/c1-2-18-16(13-7-6-8-14(17)11-13)12-19-15-9-4-3-5-10-15/h3-11,16,18H,2,12H2,1H3. The fourth-order valence-electron chi connectivity index (χ4n) is 1.94. The van der Waals surface area contributed by atoms with Gasteiger partial charge in [0.15, 0.2) is 0 Å². The van der Waals surface area contributed by atoms with Crippen molar-refractivity contribution in [2.45, 2.75) is 17.9 Å². The molecule has 0 aliphatic rings. The molecule has 1 N–H and O–H groups in total. The van der Waals surface area contributed by atoms with Crippen LogP contribution in [0.4, 0.5) is 0 Å². The monoisotopic (exact) mass is 291 g/mol. The maximum Gasteiger partial charge on any atom is 0.0415 e. The summed E-state index contributed by atoms with van der Waals surface area (Å²) in [6.45, 7) is 3.08. The molecule has 0 saturated heterocycles. The molecule has 100 valence electrons. The van der Waals surface area contributed by atoms with Crippen molar-refractivity contribution in [3.05, 3.63) is 65.2 Å². The van der Waals surface area contributed by atoms with Crippen molar-refractivity contribution in [1.29, 1.82) is 0 Å². The van der Waals surface area contributed by atoms with Crippen LogP contribution in [0.25, 0.3) is 0 Å². The molecule has 0 heterocycles. The van der Waals surface area contributed by atoms with E-state index in [1.807, 2.05) is 36.0 Å². The number of thioether (sulfide) groups is 1. The van der Waals surface area contributed by atoms with Crippen molar-refractivity contribution in [3.8, 4) is 0 Å². The van der Waals surface area contributed by atoms with Crippen molar-refractivity contribution in [1.82, 2.24) is 5.32 Å². The third-order valence-electron chi connectivity index (χ3n) is 2.86. The molecule has 2 aromatic carbocycles. The van der Waals surface area contributed by atoms with Crippen LogP contribution in [0, 0.1) is 0 Å².